The Morgan fingerprint density at radius 3 is 2.26 bits per heavy atom. The van der Waals surface area contributed by atoms with E-state index >= 15 is 0 Å². The van der Waals surface area contributed by atoms with Crippen LogP contribution >= 0.6 is 22.6 Å². The van der Waals surface area contributed by atoms with E-state index in [4.69, 9.17) is 25.8 Å². The summed E-state index contributed by atoms with van der Waals surface area (Å²) in [5, 5.41) is 16.8. The molecule has 0 aliphatic rings. The second kappa shape index (κ2) is 7.49. The molecule has 0 aliphatic heterocycles. The van der Waals surface area contributed by atoms with Gasteiger partial charge in [-0.25, -0.2) is 4.79 Å². The Hall–Kier alpha value is -2.04. The lowest BCUT2D eigenvalue weighted by atomic mass is 10.1. The minimum Gasteiger partial charge on any atom is -0.497 e. The summed E-state index contributed by atoms with van der Waals surface area (Å²) in [6.07, 6.45) is -5.08. The number of carbonyl (C=O) groups is 1. The first-order chi connectivity index (χ1) is 10.6. The smallest absolute Gasteiger partial charge is 0.490 e. The number of ether oxygens (including phenoxy) is 1. The van der Waals surface area contributed by atoms with E-state index in [0.29, 0.717) is 0 Å². The predicted octanol–water partition coefficient (Wildman–Crippen LogP) is 3.37. The van der Waals surface area contributed by atoms with Gasteiger partial charge in [0.25, 0.3) is 0 Å². The summed E-state index contributed by atoms with van der Waals surface area (Å²) in [5.41, 5.74) is 6.29. The zero-order valence-corrected chi connectivity index (χ0v) is 13.9. The van der Waals surface area contributed by atoms with Crippen LogP contribution in [-0.4, -0.2) is 30.2 Å². The molecule has 0 atom stereocenters. The molecular formula is C14H12F3IN2O3. The Bertz CT molecular complexity index is 748. The van der Waals surface area contributed by atoms with Crippen LogP contribution in [0.5, 0.6) is 5.75 Å². The molecule has 2 rings (SSSR count). The van der Waals surface area contributed by atoms with Gasteiger partial charge in [0, 0.05) is 9.13 Å². The van der Waals surface area contributed by atoms with E-state index in [0.717, 1.165) is 25.7 Å². The Morgan fingerprint density at radius 2 is 1.83 bits per heavy atom. The van der Waals surface area contributed by atoms with Crippen molar-refractivity contribution in [1.29, 1.82) is 5.41 Å². The van der Waals surface area contributed by atoms with Gasteiger partial charge in [0.2, 0.25) is 0 Å². The topological polar surface area (TPSA) is 96.4 Å². The average Bonchev–Trinajstić information content (AvgIpc) is 2.46. The standard InChI is InChI=1S/C12H11IN2O.C2HF3O2/c1-16-8-4-2-7-3-5-9(12(14)15)11(13)10(7)6-8;3-2(4,5)1(6)7/h2-6H,1H3,(H3,14,15);(H,6,7). The molecule has 0 amide bonds. The van der Waals surface area contributed by atoms with E-state index in [-0.39, 0.29) is 5.84 Å². The van der Waals surface area contributed by atoms with E-state index in [1.807, 2.05) is 30.3 Å². The molecule has 0 fully saturated rings. The van der Waals surface area contributed by atoms with Gasteiger partial charge in [-0.15, -0.1) is 0 Å². The van der Waals surface area contributed by atoms with Crippen molar-refractivity contribution in [1.82, 2.24) is 0 Å². The number of nitrogens with two attached hydrogens (primary N) is 1. The maximum atomic E-state index is 10.6. The molecule has 0 saturated carbocycles. The second-order valence-electron chi connectivity index (χ2n) is 4.23. The van der Waals surface area contributed by atoms with Crippen LogP contribution in [0.1, 0.15) is 5.56 Å². The first-order valence-electron chi connectivity index (χ1n) is 5.98. The monoisotopic (exact) mass is 440 g/mol. The van der Waals surface area contributed by atoms with Crippen LogP contribution in [0.3, 0.4) is 0 Å². The van der Waals surface area contributed by atoms with E-state index in [9.17, 15) is 13.2 Å². The summed E-state index contributed by atoms with van der Waals surface area (Å²) < 4.78 is 37.9. The molecule has 2 aromatic rings. The number of fused-ring (bicyclic) bond motifs is 1. The summed E-state index contributed by atoms with van der Waals surface area (Å²) in [7, 11) is 1.64. The minimum absolute atomic E-state index is 0.0918. The third-order valence-electron chi connectivity index (χ3n) is 2.70. The number of methoxy groups -OCH3 is 1. The second-order valence-corrected chi connectivity index (χ2v) is 5.31. The lowest BCUT2D eigenvalue weighted by Gasteiger charge is -2.08. The molecule has 0 bridgehead atoms. The number of halogens is 4. The van der Waals surface area contributed by atoms with Gasteiger partial charge in [-0.05, 0) is 51.6 Å². The summed E-state index contributed by atoms with van der Waals surface area (Å²) in [5.74, 6) is -1.85. The van der Waals surface area contributed by atoms with Gasteiger partial charge in [-0.2, -0.15) is 13.2 Å². The van der Waals surface area contributed by atoms with Crippen LogP contribution in [0.15, 0.2) is 30.3 Å². The molecule has 0 radical (unpaired) electrons. The van der Waals surface area contributed by atoms with Crippen LogP contribution < -0.4 is 10.5 Å². The van der Waals surface area contributed by atoms with Gasteiger partial charge in [0.1, 0.15) is 11.6 Å². The number of aliphatic carboxylic acids is 1. The molecule has 0 aromatic heterocycles. The van der Waals surface area contributed by atoms with Crippen LogP contribution in [0.4, 0.5) is 13.2 Å². The molecule has 0 spiro atoms. The molecule has 0 heterocycles. The molecule has 0 aliphatic carbocycles. The van der Waals surface area contributed by atoms with Crippen molar-refractivity contribution in [2.24, 2.45) is 5.73 Å². The van der Waals surface area contributed by atoms with E-state index < -0.39 is 12.1 Å². The van der Waals surface area contributed by atoms with Crippen LogP contribution in [-0.2, 0) is 4.79 Å². The lowest BCUT2D eigenvalue weighted by Crippen LogP contribution is -2.21. The molecule has 23 heavy (non-hydrogen) atoms. The zero-order valence-electron chi connectivity index (χ0n) is 11.7. The largest absolute Gasteiger partial charge is 0.497 e. The Morgan fingerprint density at radius 1 is 1.30 bits per heavy atom. The van der Waals surface area contributed by atoms with Gasteiger partial charge in [0.05, 0.1) is 7.11 Å². The summed E-state index contributed by atoms with van der Waals surface area (Å²) in [6, 6.07) is 9.72. The van der Waals surface area contributed by atoms with Crippen molar-refractivity contribution >= 4 is 45.2 Å². The van der Waals surface area contributed by atoms with E-state index in [1.165, 1.54) is 0 Å². The van der Waals surface area contributed by atoms with Crippen molar-refractivity contribution in [3.63, 3.8) is 0 Å². The minimum atomic E-state index is -5.08. The van der Waals surface area contributed by atoms with Crippen LogP contribution in [0.25, 0.3) is 10.8 Å². The number of amidine groups is 1. The highest BCUT2D eigenvalue weighted by Gasteiger charge is 2.38. The van der Waals surface area contributed by atoms with Crippen LogP contribution in [0, 0.1) is 8.98 Å². The first kappa shape index (κ1) is 19.0. The van der Waals surface area contributed by atoms with Crippen molar-refractivity contribution in [2.75, 3.05) is 7.11 Å². The quantitative estimate of drug-likeness (QED) is 0.379. The molecule has 124 valence electrons. The van der Waals surface area contributed by atoms with E-state index in [1.54, 1.807) is 7.11 Å². The number of carboxylic acids is 1. The molecular weight excluding hydrogens is 428 g/mol. The van der Waals surface area contributed by atoms with Gasteiger partial charge in [-0.3, -0.25) is 5.41 Å². The predicted molar refractivity (Wildman–Crippen MR) is 87.9 cm³/mol. The number of nitrogens with one attached hydrogen (secondary N) is 1. The molecule has 2 aromatic carbocycles. The molecule has 5 nitrogen and oxygen atoms in total. The Balaban J connectivity index is 0.000000322. The third kappa shape index (κ3) is 4.98. The SMILES string of the molecule is COc1ccc2ccc(C(=N)N)c(I)c2c1.O=C(O)C(F)(F)F. The summed E-state index contributed by atoms with van der Waals surface area (Å²) in [6.45, 7) is 0. The molecule has 0 unspecified atom stereocenters. The van der Waals surface area contributed by atoms with Crippen LogP contribution in [0.2, 0.25) is 0 Å². The fraction of sp³-hybridized carbons (Fsp3) is 0.143. The van der Waals surface area contributed by atoms with Gasteiger partial charge in [0.15, 0.2) is 0 Å². The third-order valence-corrected chi connectivity index (χ3v) is 3.86. The normalized spacial score (nSPS) is 10.7. The van der Waals surface area contributed by atoms with Gasteiger partial charge < -0.3 is 15.6 Å². The van der Waals surface area contributed by atoms with Gasteiger partial charge >= 0.3 is 12.1 Å². The maximum Gasteiger partial charge on any atom is 0.490 e. The van der Waals surface area contributed by atoms with Crippen molar-refractivity contribution in [2.45, 2.75) is 6.18 Å². The number of alkyl halides is 3. The number of hydrogen-bond acceptors (Lipinski definition) is 3. The van der Waals surface area contributed by atoms with Gasteiger partial charge in [-0.1, -0.05) is 12.1 Å². The Kier molecular flexibility index (Phi) is 6.19. The first-order valence-corrected chi connectivity index (χ1v) is 7.06. The fourth-order valence-electron chi connectivity index (χ4n) is 1.60. The average molecular weight is 440 g/mol. The molecule has 0 saturated heterocycles. The highest BCUT2D eigenvalue weighted by molar-refractivity contribution is 14.1. The summed E-state index contributed by atoms with van der Waals surface area (Å²) >= 11 is 2.21. The Labute approximate surface area is 142 Å². The number of rotatable bonds is 2. The van der Waals surface area contributed by atoms with Crippen molar-refractivity contribution in [3.05, 3.63) is 39.5 Å². The molecule has 9 heteroatoms. The lowest BCUT2D eigenvalue weighted by molar-refractivity contribution is -0.192. The number of hydrogen-bond donors (Lipinski definition) is 3. The maximum absolute atomic E-state index is 10.6. The summed E-state index contributed by atoms with van der Waals surface area (Å²) in [4.78, 5) is 8.90. The van der Waals surface area contributed by atoms with Crippen molar-refractivity contribution < 1.29 is 27.8 Å². The number of carboxylic acid groups (broad SMARTS) is 1. The zero-order chi connectivity index (χ0) is 17.8. The van der Waals surface area contributed by atoms with Crippen molar-refractivity contribution in [3.8, 4) is 5.75 Å². The van der Waals surface area contributed by atoms with E-state index in [2.05, 4.69) is 22.6 Å². The number of benzene rings is 2. The highest BCUT2D eigenvalue weighted by Crippen LogP contribution is 2.27. The molecule has 4 N–H and O–H groups in total. The fourth-order valence-corrected chi connectivity index (χ4v) is 2.53. The number of nitrogen functional groups attached to an aromatic ring is 1. The highest BCUT2D eigenvalue weighted by atomic mass is 127.